The smallest absolute Gasteiger partial charge is 0.154 e. The molecule has 25 heavy (non-hydrogen) atoms. The van der Waals surface area contributed by atoms with E-state index in [-0.39, 0.29) is 0 Å². The number of aromatic nitrogens is 3. The van der Waals surface area contributed by atoms with E-state index < -0.39 is 0 Å². The Hall–Kier alpha value is -2.40. The Balaban J connectivity index is 1.56. The summed E-state index contributed by atoms with van der Waals surface area (Å²) in [6, 6.07) is 13.2. The van der Waals surface area contributed by atoms with E-state index in [0.717, 1.165) is 17.2 Å². The zero-order valence-electron chi connectivity index (χ0n) is 14.0. The van der Waals surface area contributed by atoms with Gasteiger partial charge in [0.05, 0.1) is 11.9 Å². The lowest BCUT2D eigenvalue weighted by atomic mass is 9.95. The molecule has 0 amide bonds. The first-order chi connectivity index (χ1) is 12.4. The summed E-state index contributed by atoms with van der Waals surface area (Å²) >= 11 is 1.77. The fourth-order valence-electron chi connectivity index (χ4n) is 3.77. The first kappa shape index (κ1) is 14.9. The van der Waals surface area contributed by atoms with Gasteiger partial charge < -0.3 is 5.32 Å². The van der Waals surface area contributed by atoms with Crippen LogP contribution in [0.3, 0.4) is 0 Å². The van der Waals surface area contributed by atoms with Crippen molar-refractivity contribution in [2.45, 2.75) is 38.1 Å². The second-order valence-electron chi connectivity index (χ2n) is 6.76. The summed E-state index contributed by atoms with van der Waals surface area (Å²) in [5.41, 5.74) is 3.15. The van der Waals surface area contributed by atoms with E-state index in [1.165, 1.54) is 47.8 Å². The maximum absolute atomic E-state index is 4.84. The molecule has 3 aromatic heterocycles. The summed E-state index contributed by atoms with van der Waals surface area (Å²) in [7, 11) is 0. The number of anilines is 1. The third kappa shape index (κ3) is 2.68. The van der Waals surface area contributed by atoms with E-state index in [1.54, 1.807) is 11.3 Å². The highest BCUT2D eigenvalue weighted by Crippen LogP contribution is 2.34. The monoisotopic (exact) mass is 348 g/mol. The van der Waals surface area contributed by atoms with Crippen LogP contribution in [-0.2, 0) is 0 Å². The van der Waals surface area contributed by atoms with Crippen LogP contribution in [0, 0.1) is 0 Å². The Kier molecular flexibility index (Phi) is 3.67. The van der Waals surface area contributed by atoms with Gasteiger partial charge in [0.25, 0.3) is 0 Å². The number of fused-ring (bicyclic) bond motifs is 2. The van der Waals surface area contributed by atoms with Crippen LogP contribution in [0.15, 0.2) is 48.0 Å². The van der Waals surface area contributed by atoms with E-state index in [9.17, 15) is 0 Å². The van der Waals surface area contributed by atoms with E-state index in [0.29, 0.717) is 6.04 Å². The maximum Gasteiger partial charge on any atom is 0.154 e. The standard InChI is InChI=1S/C20H20N4S/c1-2-6-14(7-3-1)22-19-10-11-20-21-12-17(24(20)23-19)16-13-25-18-9-5-4-8-15(16)18/h4-5,8-14H,1-3,6-7H2,(H,22,23). The van der Waals surface area contributed by atoms with Gasteiger partial charge in [-0.05, 0) is 31.0 Å². The number of thiophene rings is 1. The molecule has 0 bridgehead atoms. The number of hydrogen-bond acceptors (Lipinski definition) is 4. The molecule has 4 nitrogen and oxygen atoms in total. The summed E-state index contributed by atoms with van der Waals surface area (Å²) in [4.78, 5) is 4.55. The van der Waals surface area contributed by atoms with Gasteiger partial charge in [0.2, 0.25) is 0 Å². The predicted molar refractivity (Wildman–Crippen MR) is 104 cm³/mol. The fraction of sp³-hybridized carbons (Fsp3) is 0.300. The minimum absolute atomic E-state index is 0.549. The average molecular weight is 348 g/mol. The minimum atomic E-state index is 0.549. The van der Waals surface area contributed by atoms with Gasteiger partial charge in [-0.15, -0.1) is 16.4 Å². The predicted octanol–water partition coefficient (Wildman–Crippen LogP) is 5.36. The van der Waals surface area contributed by atoms with Crippen LogP contribution < -0.4 is 5.32 Å². The van der Waals surface area contributed by atoms with Crippen molar-refractivity contribution in [1.82, 2.24) is 14.6 Å². The summed E-state index contributed by atoms with van der Waals surface area (Å²) in [5, 5.41) is 11.9. The molecule has 3 heterocycles. The van der Waals surface area contributed by atoms with Crippen molar-refractivity contribution in [2.75, 3.05) is 5.32 Å². The molecule has 0 spiro atoms. The first-order valence-corrected chi connectivity index (χ1v) is 9.84. The second-order valence-corrected chi connectivity index (χ2v) is 7.67. The van der Waals surface area contributed by atoms with Gasteiger partial charge in [-0.25, -0.2) is 9.50 Å². The van der Waals surface area contributed by atoms with Gasteiger partial charge >= 0.3 is 0 Å². The van der Waals surface area contributed by atoms with Crippen LogP contribution in [0.25, 0.3) is 27.0 Å². The molecular weight excluding hydrogens is 328 g/mol. The Bertz CT molecular complexity index is 1030. The molecule has 1 N–H and O–H groups in total. The van der Waals surface area contributed by atoms with Gasteiger partial charge in [0.1, 0.15) is 5.82 Å². The molecule has 126 valence electrons. The topological polar surface area (TPSA) is 42.2 Å². The molecule has 1 aliphatic rings. The lowest BCUT2D eigenvalue weighted by Gasteiger charge is -2.23. The van der Waals surface area contributed by atoms with Gasteiger partial charge in [0.15, 0.2) is 5.65 Å². The van der Waals surface area contributed by atoms with Crippen LogP contribution in [0.5, 0.6) is 0 Å². The van der Waals surface area contributed by atoms with Crippen molar-refractivity contribution in [3.05, 3.63) is 48.0 Å². The van der Waals surface area contributed by atoms with E-state index >= 15 is 0 Å². The molecule has 0 atom stereocenters. The van der Waals surface area contributed by atoms with Crippen molar-refractivity contribution in [3.63, 3.8) is 0 Å². The molecule has 5 rings (SSSR count). The molecule has 4 aromatic rings. The van der Waals surface area contributed by atoms with Crippen molar-refractivity contribution in [1.29, 1.82) is 0 Å². The molecule has 1 aliphatic carbocycles. The second kappa shape index (κ2) is 6.15. The summed E-state index contributed by atoms with van der Waals surface area (Å²) in [6.45, 7) is 0. The molecule has 0 aliphatic heterocycles. The summed E-state index contributed by atoms with van der Waals surface area (Å²) < 4.78 is 3.27. The Morgan fingerprint density at radius 2 is 1.92 bits per heavy atom. The van der Waals surface area contributed by atoms with Gasteiger partial charge in [-0.3, -0.25) is 0 Å². The Morgan fingerprint density at radius 3 is 2.84 bits per heavy atom. The molecule has 1 aromatic carbocycles. The zero-order chi connectivity index (χ0) is 16.6. The largest absolute Gasteiger partial charge is 0.366 e. The number of benzene rings is 1. The molecule has 1 saturated carbocycles. The first-order valence-electron chi connectivity index (χ1n) is 8.96. The quantitative estimate of drug-likeness (QED) is 0.542. The van der Waals surface area contributed by atoms with Crippen LogP contribution in [-0.4, -0.2) is 20.6 Å². The fourth-order valence-corrected chi connectivity index (χ4v) is 4.72. The molecule has 0 saturated heterocycles. The zero-order valence-corrected chi connectivity index (χ0v) is 14.8. The van der Waals surface area contributed by atoms with Crippen LogP contribution >= 0.6 is 11.3 Å². The molecule has 1 fully saturated rings. The number of rotatable bonds is 3. The summed E-state index contributed by atoms with van der Waals surface area (Å²) in [6.07, 6.45) is 8.41. The SMILES string of the molecule is c1ccc2c(-c3cnc4ccc(NC5CCCCC5)nn34)csc2c1. The lowest BCUT2D eigenvalue weighted by Crippen LogP contribution is -2.23. The van der Waals surface area contributed by atoms with E-state index in [1.807, 2.05) is 16.8 Å². The molecule has 5 heteroatoms. The third-order valence-corrected chi connectivity index (χ3v) is 6.04. The number of nitrogens with zero attached hydrogens (tertiary/aromatic N) is 3. The third-order valence-electron chi connectivity index (χ3n) is 5.08. The van der Waals surface area contributed by atoms with E-state index in [2.05, 4.69) is 46.0 Å². The normalized spacial score (nSPS) is 15.8. The van der Waals surface area contributed by atoms with E-state index in [4.69, 9.17) is 5.10 Å². The Labute approximate surface area is 150 Å². The van der Waals surface area contributed by atoms with Crippen molar-refractivity contribution in [3.8, 4) is 11.3 Å². The van der Waals surface area contributed by atoms with Gasteiger partial charge in [-0.1, -0.05) is 37.5 Å². The number of nitrogens with one attached hydrogen (secondary N) is 1. The van der Waals surface area contributed by atoms with Gasteiger partial charge in [-0.2, -0.15) is 0 Å². The van der Waals surface area contributed by atoms with Crippen LogP contribution in [0.1, 0.15) is 32.1 Å². The molecule has 0 radical (unpaired) electrons. The highest BCUT2D eigenvalue weighted by atomic mass is 32.1. The van der Waals surface area contributed by atoms with Crippen molar-refractivity contribution >= 4 is 32.9 Å². The summed E-state index contributed by atoms with van der Waals surface area (Å²) in [5.74, 6) is 0.943. The maximum atomic E-state index is 4.84. The molecular formula is C20H20N4S. The highest BCUT2D eigenvalue weighted by molar-refractivity contribution is 7.17. The average Bonchev–Trinajstić information content (AvgIpc) is 3.26. The lowest BCUT2D eigenvalue weighted by molar-refractivity contribution is 0.461. The van der Waals surface area contributed by atoms with Crippen LogP contribution in [0.2, 0.25) is 0 Å². The van der Waals surface area contributed by atoms with Gasteiger partial charge in [0, 0.05) is 27.1 Å². The molecule has 0 unspecified atom stereocenters. The Morgan fingerprint density at radius 1 is 1.04 bits per heavy atom. The van der Waals surface area contributed by atoms with Crippen molar-refractivity contribution < 1.29 is 0 Å². The highest BCUT2D eigenvalue weighted by Gasteiger charge is 2.15. The minimum Gasteiger partial charge on any atom is -0.366 e. The number of hydrogen-bond donors (Lipinski definition) is 1. The van der Waals surface area contributed by atoms with Crippen LogP contribution in [0.4, 0.5) is 5.82 Å². The van der Waals surface area contributed by atoms with Crippen molar-refractivity contribution in [2.24, 2.45) is 0 Å². The number of imidazole rings is 1.